The van der Waals surface area contributed by atoms with E-state index in [1.165, 1.54) is 12.0 Å². The molecule has 0 aliphatic rings. The fraction of sp³-hybridized carbons (Fsp3) is 0.500. The van der Waals surface area contributed by atoms with Crippen LogP contribution in [0.1, 0.15) is 45.2 Å². The van der Waals surface area contributed by atoms with E-state index in [1.807, 2.05) is 0 Å². The van der Waals surface area contributed by atoms with Crippen molar-refractivity contribution in [2.45, 2.75) is 39.7 Å². The Morgan fingerprint density at radius 1 is 1.11 bits per heavy atom. The minimum absolute atomic E-state index is 0.409. The van der Waals surface area contributed by atoms with Gasteiger partial charge in [-0.1, -0.05) is 33.3 Å². The number of nitrogens with zero attached hydrogens (tertiary/aromatic N) is 2. The molecule has 2 rings (SSSR count). The maximum absolute atomic E-state index is 4.39. The van der Waals surface area contributed by atoms with E-state index in [9.17, 15) is 0 Å². The molecule has 2 unspecified atom stereocenters. The van der Waals surface area contributed by atoms with Gasteiger partial charge in [0, 0.05) is 18.4 Å². The summed E-state index contributed by atoms with van der Waals surface area (Å²) in [6, 6.07) is 6.81. The van der Waals surface area contributed by atoms with Crippen LogP contribution in [0, 0.1) is 5.92 Å². The van der Waals surface area contributed by atoms with Gasteiger partial charge in [-0.25, -0.2) is 0 Å². The van der Waals surface area contributed by atoms with Gasteiger partial charge in [-0.3, -0.25) is 9.97 Å². The van der Waals surface area contributed by atoms with Gasteiger partial charge in [-0.2, -0.15) is 0 Å². The van der Waals surface area contributed by atoms with Crippen LogP contribution in [-0.4, -0.2) is 16.5 Å². The van der Waals surface area contributed by atoms with E-state index in [2.05, 4.69) is 54.3 Å². The van der Waals surface area contributed by atoms with E-state index in [1.54, 1.807) is 12.4 Å². The standard InChI is InChI=1S/C16H23N3/c1-4-12(3)10-15(17-5-2)13-6-7-14-16(11-13)19-9-8-18-14/h6-9,11-12,15,17H,4-5,10H2,1-3H3. The summed E-state index contributed by atoms with van der Waals surface area (Å²) in [5.41, 5.74) is 3.26. The Bertz CT molecular complexity index is 524. The lowest BCUT2D eigenvalue weighted by Crippen LogP contribution is -2.22. The second kappa shape index (κ2) is 6.62. The van der Waals surface area contributed by atoms with Crippen LogP contribution in [0.4, 0.5) is 0 Å². The monoisotopic (exact) mass is 257 g/mol. The predicted molar refractivity (Wildman–Crippen MR) is 80.0 cm³/mol. The fourth-order valence-electron chi connectivity index (χ4n) is 2.35. The van der Waals surface area contributed by atoms with Crippen LogP contribution >= 0.6 is 0 Å². The second-order valence-corrected chi connectivity index (χ2v) is 5.16. The molecule has 1 N–H and O–H groups in total. The largest absolute Gasteiger partial charge is 0.310 e. The van der Waals surface area contributed by atoms with Crippen LogP contribution in [0.25, 0.3) is 11.0 Å². The third-order valence-corrected chi connectivity index (χ3v) is 3.68. The zero-order valence-electron chi connectivity index (χ0n) is 12.1. The fourth-order valence-corrected chi connectivity index (χ4v) is 2.35. The predicted octanol–water partition coefficient (Wildman–Crippen LogP) is 3.72. The molecule has 3 heteroatoms. The van der Waals surface area contributed by atoms with Crippen molar-refractivity contribution in [1.29, 1.82) is 0 Å². The van der Waals surface area contributed by atoms with Gasteiger partial charge in [0.2, 0.25) is 0 Å². The summed E-state index contributed by atoms with van der Waals surface area (Å²) in [4.78, 5) is 8.72. The molecule has 0 fully saturated rings. The smallest absolute Gasteiger partial charge is 0.0890 e. The molecular formula is C16H23N3. The second-order valence-electron chi connectivity index (χ2n) is 5.16. The van der Waals surface area contributed by atoms with Crippen LogP contribution in [0.2, 0.25) is 0 Å². The molecule has 102 valence electrons. The summed E-state index contributed by atoms with van der Waals surface area (Å²) in [5, 5.41) is 3.58. The van der Waals surface area contributed by atoms with Crippen molar-refractivity contribution in [3.63, 3.8) is 0 Å². The summed E-state index contributed by atoms with van der Waals surface area (Å²) >= 11 is 0. The first-order chi connectivity index (χ1) is 9.24. The number of nitrogens with one attached hydrogen (secondary N) is 1. The topological polar surface area (TPSA) is 37.8 Å². The molecule has 0 bridgehead atoms. The average molecular weight is 257 g/mol. The minimum Gasteiger partial charge on any atom is -0.310 e. The zero-order chi connectivity index (χ0) is 13.7. The molecule has 0 saturated heterocycles. The Kier molecular flexibility index (Phi) is 4.86. The van der Waals surface area contributed by atoms with Crippen LogP contribution in [0.15, 0.2) is 30.6 Å². The highest BCUT2D eigenvalue weighted by molar-refractivity contribution is 5.74. The third-order valence-electron chi connectivity index (χ3n) is 3.68. The van der Waals surface area contributed by atoms with E-state index in [-0.39, 0.29) is 0 Å². The van der Waals surface area contributed by atoms with Crippen LogP contribution in [0.5, 0.6) is 0 Å². The first kappa shape index (κ1) is 13.9. The van der Waals surface area contributed by atoms with E-state index in [4.69, 9.17) is 0 Å². The maximum Gasteiger partial charge on any atom is 0.0890 e. The lowest BCUT2D eigenvalue weighted by Gasteiger charge is -2.21. The molecule has 1 aromatic heterocycles. The molecule has 2 aromatic rings. The SMILES string of the molecule is CCNC(CC(C)CC)c1ccc2nccnc2c1. The summed E-state index contributed by atoms with van der Waals surface area (Å²) in [5.74, 6) is 0.724. The van der Waals surface area contributed by atoms with Gasteiger partial charge in [0.05, 0.1) is 11.0 Å². The van der Waals surface area contributed by atoms with Gasteiger partial charge >= 0.3 is 0 Å². The highest BCUT2D eigenvalue weighted by atomic mass is 14.9. The summed E-state index contributed by atoms with van der Waals surface area (Å²) in [6.45, 7) is 7.70. The number of aromatic nitrogens is 2. The number of fused-ring (bicyclic) bond motifs is 1. The highest BCUT2D eigenvalue weighted by Crippen LogP contribution is 2.24. The molecule has 19 heavy (non-hydrogen) atoms. The van der Waals surface area contributed by atoms with Crippen molar-refractivity contribution in [2.24, 2.45) is 5.92 Å². The van der Waals surface area contributed by atoms with E-state index >= 15 is 0 Å². The van der Waals surface area contributed by atoms with Crippen molar-refractivity contribution >= 4 is 11.0 Å². The summed E-state index contributed by atoms with van der Waals surface area (Å²) in [7, 11) is 0. The molecule has 0 spiro atoms. The third kappa shape index (κ3) is 3.51. The van der Waals surface area contributed by atoms with Crippen molar-refractivity contribution in [2.75, 3.05) is 6.54 Å². The number of hydrogen-bond acceptors (Lipinski definition) is 3. The van der Waals surface area contributed by atoms with Crippen molar-refractivity contribution < 1.29 is 0 Å². The molecule has 0 aliphatic carbocycles. The van der Waals surface area contributed by atoms with Crippen molar-refractivity contribution in [1.82, 2.24) is 15.3 Å². The Morgan fingerprint density at radius 2 is 1.84 bits per heavy atom. The molecular weight excluding hydrogens is 234 g/mol. The van der Waals surface area contributed by atoms with Crippen molar-refractivity contribution in [3.05, 3.63) is 36.2 Å². The van der Waals surface area contributed by atoms with Crippen LogP contribution in [0.3, 0.4) is 0 Å². The van der Waals surface area contributed by atoms with E-state index in [0.717, 1.165) is 29.9 Å². The molecule has 0 aliphatic heterocycles. The summed E-state index contributed by atoms with van der Waals surface area (Å²) < 4.78 is 0. The van der Waals surface area contributed by atoms with Gasteiger partial charge in [0.1, 0.15) is 0 Å². The lowest BCUT2D eigenvalue weighted by molar-refractivity contribution is 0.408. The first-order valence-corrected chi connectivity index (χ1v) is 7.18. The molecule has 0 amide bonds. The molecule has 0 saturated carbocycles. The summed E-state index contributed by atoms with van der Waals surface area (Å²) in [6.07, 6.45) is 5.87. The Hall–Kier alpha value is -1.48. The molecule has 1 heterocycles. The maximum atomic E-state index is 4.39. The Balaban J connectivity index is 2.27. The van der Waals surface area contributed by atoms with Gasteiger partial charge in [-0.05, 0) is 36.6 Å². The van der Waals surface area contributed by atoms with E-state index < -0.39 is 0 Å². The molecule has 2 atom stereocenters. The number of benzene rings is 1. The quantitative estimate of drug-likeness (QED) is 0.857. The zero-order valence-corrected chi connectivity index (χ0v) is 12.1. The van der Waals surface area contributed by atoms with Gasteiger partial charge < -0.3 is 5.32 Å². The van der Waals surface area contributed by atoms with Gasteiger partial charge in [-0.15, -0.1) is 0 Å². The van der Waals surface area contributed by atoms with Crippen molar-refractivity contribution in [3.8, 4) is 0 Å². The molecule has 3 nitrogen and oxygen atoms in total. The molecule has 0 radical (unpaired) electrons. The first-order valence-electron chi connectivity index (χ1n) is 7.18. The number of hydrogen-bond donors (Lipinski definition) is 1. The highest BCUT2D eigenvalue weighted by Gasteiger charge is 2.14. The van der Waals surface area contributed by atoms with E-state index in [0.29, 0.717) is 6.04 Å². The normalized spacial score (nSPS) is 14.5. The number of rotatable bonds is 6. The van der Waals surface area contributed by atoms with Crippen LogP contribution < -0.4 is 5.32 Å². The van der Waals surface area contributed by atoms with Gasteiger partial charge in [0.15, 0.2) is 0 Å². The van der Waals surface area contributed by atoms with Crippen LogP contribution in [-0.2, 0) is 0 Å². The Labute approximate surface area is 115 Å². The molecule has 1 aromatic carbocycles. The minimum atomic E-state index is 0.409. The lowest BCUT2D eigenvalue weighted by atomic mass is 9.94. The average Bonchev–Trinajstić information content (AvgIpc) is 2.46. The Morgan fingerprint density at radius 3 is 2.53 bits per heavy atom. The van der Waals surface area contributed by atoms with Gasteiger partial charge in [0.25, 0.3) is 0 Å².